The molecule has 2 atom stereocenters. The van der Waals surface area contributed by atoms with Gasteiger partial charge in [0.05, 0.1) is 30.2 Å². The second-order valence-corrected chi connectivity index (χ2v) is 10.7. The lowest BCUT2D eigenvalue weighted by Gasteiger charge is -2.40. The molecular weight excluding hydrogens is 480 g/mol. The SMILES string of the molecule is CC(C)CN(C(=O)c1nc2ccccc2n1CCc1cccnc1)[C@@H]1CNC[C@H](C(=O)N2CCOCC2)C1. The van der Waals surface area contributed by atoms with Crippen LogP contribution in [0.25, 0.3) is 11.0 Å². The first-order valence-electron chi connectivity index (χ1n) is 13.7. The Hall–Kier alpha value is -3.30. The van der Waals surface area contributed by atoms with Crippen molar-refractivity contribution in [3.05, 3.63) is 60.2 Å². The number of carbonyl (C=O) groups is 2. The van der Waals surface area contributed by atoms with Gasteiger partial charge in [-0.2, -0.15) is 0 Å². The molecule has 5 rings (SSSR count). The fraction of sp³-hybridized carbons (Fsp3) is 0.517. The number of carbonyl (C=O) groups excluding carboxylic acids is 2. The smallest absolute Gasteiger partial charge is 0.290 e. The number of piperidine rings is 1. The minimum atomic E-state index is -0.154. The molecule has 0 unspecified atom stereocenters. The van der Waals surface area contributed by atoms with Crippen LogP contribution in [0.1, 0.15) is 36.5 Å². The lowest BCUT2D eigenvalue weighted by atomic mass is 9.92. The maximum Gasteiger partial charge on any atom is 0.290 e. The predicted octanol–water partition coefficient (Wildman–Crippen LogP) is 2.61. The van der Waals surface area contributed by atoms with Gasteiger partial charge in [0.25, 0.3) is 5.91 Å². The number of pyridine rings is 1. The van der Waals surface area contributed by atoms with E-state index < -0.39 is 0 Å². The van der Waals surface area contributed by atoms with Crippen LogP contribution in [0.4, 0.5) is 0 Å². The Morgan fingerprint density at radius 3 is 2.71 bits per heavy atom. The van der Waals surface area contributed by atoms with E-state index in [1.165, 1.54) is 0 Å². The van der Waals surface area contributed by atoms with Crippen LogP contribution in [0.2, 0.25) is 0 Å². The summed E-state index contributed by atoms with van der Waals surface area (Å²) in [5, 5.41) is 3.45. The summed E-state index contributed by atoms with van der Waals surface area (Å²) < 4.78 is 7.48. The highest BCUT2D eigenvalue weighted by Gasteiger charge is 2.36. The number of morpholine rings is 1. The van der Waals surface area contributed by atoms with Crippen molar-refractivity contribution in [2.75, 3.05) is 45.9 Å². The maximum absolute atomic E-state index is 14.3. The van der Waals surface area contributed by atoms with E-state index in [0.717, 1.165) is 23.0 Å². The molecule has 0 spiro atoms. The molecule has 2 fully saturated rings. The van der Waals surface area contributed by atoms with Gasteiger partial charge in [-0.15, -0.1) is 0 Å². The quantitative estimate of drug-likeness (QED) is 0.493. The summed E-state index contributed by atoms with van der Waals surface area (Å²) in [6.45, 7) is 9.23. The zero-order valence-corrected chi connectivity index (χ0v) is 22.4. The van der Waals surface area contributed by atoms with Gasteiger partial charge in [0.2, 0.25) is 5.91 Å². The molecule has 0 bridgehead atoms. The van der Waals surface area contributed by atoms with E-state index in [-0.39, 0.29) is 29.7 Å². The molecule has 2 saturated heterocycles. The van der Waals surface area contributed by atoms with Gasteiger partial charge in [0, 0.05) is 57.7 Å². The second-order valence-electron chi connectivity index (χ2n) is 10.7. The number of nitrogens with zero attached hydrogens (tertiary/aromatic N) is 5. The average molecular weight is 519 g/mol. The topological polar surface area (TPSA) is 92.6 Å². The fourth-order valence-electron chi connectivity index (χ4n) is 5.56. The molecule has 0 aliphatic carbocycles. The van der Waals surface area contributed by atoms with E-state index in [9.17, 15) is 9.59 Å². The highest BCUT2D eigenvalue weighted by atomic mass is 16.5. The summed E-state index contributed by atoms with van der Waals surface area (Å²) in [6.07, 6.45) is 5.03. The number of hydrogen-bond acceptors (Lipinski definition) is 6. The van der Waals surface area contributed by atoms with Gasteiger partial charge in [0.15, 0.2) is 5.82 Å². The number of imidazole rings is 1. The molecule has 9 nitrogen and oxygen atoms in total. The molecule has 3 aromatic rings. The van der Waals surface area contributed by atoms with Crippen LogP contribution in [-0.4, -0.2) is 88.1 Å². The summed E-state index contributed by atoms with van der Waals surface area (Å²) in [5.41, 5.74) is 2.88. The van der Waals surface area contributed by atoms with Crippen LogP contribution in [0.3, 0.4) is 0 Å². The minimum Gasteiger partial charge on any atom is -0.378 e. The van der Waals surface area contributed by atoms with Crippen molar-refractivity contribution in [1.82, 2.24) is 29.7 Å². The van der Waals surface area contributed by atoms with E-state index in [0.29, 0.717) is 64.7 Å². The van der Waals surface area contributed by atoms with E-state index in [1.54, 1.807) is 6.20 Å². The number of rotatable bonds is 8. The third-order valence-corrected chi connectivity index (χ3v) is 7.46. The van der Waals surface area contributed by atoms with Gasteiger partial charge in [0.1, 0.15) is 0 Å². The second kappa shape index (κ2) is 12.0. The lowest BCUT2D eigenvalue weighted by Crippen LogP contribution is -2.56. The van der Waals surface area contributed by atoms with E-state index in [2.05, 4.69) is 30.2 Å². The summed E-state index contributed by atoms with van der Waals surface area (Å²) >= 11 is 0. The number of fused-ring (bicyclic) bond motifs is 1. The van der Waals surface area contributed by atoms with Crippen LogP contribution < -0.4 is 5.32 Å². The van der Waals surface area contributed by atoms with Crippen molar-refractivity contribution in [2.24, 2.45) is 11.8 Å². The number of aryl methyl sites for hydroxylation is 2. The number of nitrogens with one attached hydrogen (secondary N) is 1. The van der Waals surface area contributed by atoms with Crippen LogP contribution >= 0.6 is 0 Å². The standard InChI is InChI=1S/C29H38N6O3/c1-21(2)20-35(24-16-23(18-31-19-24)28(36)33-12-14-38-15-13-33)29(37)27-32-25-7-3-4-8-26(25)34(27)11-9-22-6-5-10-30-17-22/h3-8,10,17,21,23-24,31H,9,11-16,18-20H2,1-2H3/t23-,24+/m1/s1. The number of aromatic nitrogens is 3. The molecule has 4 heterocycles. The van der Waals surface area contributed by atoms with Gasteiger partial charge in [-0.05, 0) is 42.5 Å². The highest BCUT2D eigenvalue weighted by Crippen LogP contribution is 2.24. The Kier molecular flexibility index (Phi) is 8.34. The first-order valence-corrected chi connectivity index (χ1v) is 13.7. The number of amides is 2. The number of hydrogen-bond donors (Lipinski definition) is 1. The van der Waals surface area contributed by atoms with Crippen LogP contribution in [0.15, 0.2) is 48.8 Å². The number of para-hydroxylation sites is 2. The molecule has 2 aliphatic rings. The first-order chi connectivity index (χ1) is 18.5. The molecule has 0 radical (unpaired) electrons. The molecule has 1 aromatic carbocycles. The van der Waals surface area contributed by atoms with Gasteiger partial charge >= 0.3 is 0 Å². The van der Waals surface area contributed by atoms with Crippen molar-refractivity contribution in [2.45, 2.75) is 39.3 Å². The highest BCUT2D eigenvalue weighted by molar-refractivity contribution is 5.95. The normalized spacial score (nSPS) is 20.1. The Morgan fingerprint density at radius 2 is 1.95 bits per heavy atom. The van der Waals surface area contributed by atoms with Crippen LogP contribution in [0, 0.1) is 11.8 Å². The van der Waals surface area contributed by atoms with Crippen LogP contribution in [0.5, 0.6) is 0 Å². The van der Waals surface area contributed by atoms with Gasteiger partial charge in [-0.25, -0.2) is 4.98 Å². The molecule has 2 amide bonds. The van der Waals surface area contributed by atoms with Gasteiger partial charge in [-0.3, -0.25) is 14.6 Å². The van der Waals surface area contributed by atoms with E-state index in [4.69, 9.17) is 9.72 Å². The molecule has 38 heavy (non-hydrogen) atoms. The Morgan fingerprint density at radius 1 is 1.13 bits per heavy atom. The third kappa shape index (κ3) is 5.89. The molecular formula is C29H38N6O3. The summed E-state index contributed by atoms with van der Waals surface area (Å²) in [6, 6.07) is 11.8. The maximum atomic E-state index is 14.3. The van der Waals surface area contributed by atoms with E-state index >= 15 is 0 Å². The van der Waals surface area contributed by atoms with Crippen molar-refractivity contribution in [1.29, 1.82) is 0 Å². The summed E-state index contributed by atoms with van der Waals surface area (Å²) in [5.74, 6) is 0.664. The van der Waals surface area contributed by atoms with Crippen molar-refractivity contribution >= 4 is 22.8 Å². The Bertz CT molecular complexity index is 1240. The molecule has 202 valence electrons. The molecule has 2 aromatic heterocycles. The van der Waals surface area contributed by atoms with Crippen molar-refractivity contribution < 1.29 is 14.3 Å². The van der Waals surface area contributed by atoms with Gasteiger partial charge in [-0.1, -0.05) is 32.0 Å². The lowest BCUT2D eigenvalue weighted by molar-refractivity contribution is -0.140. The Balaban J connectivity index is 1.41. The van der Waals surface area contributed by atoms with Crippen molar-refractivity contribution in [3.63, 3.8) is 0 Å². The number of benzene rings is 1. The zero-order valence-electron chi connectivity index (χ0n) is 22.4. The molecule has 9 heteroatoms. The molecule has 2 aliphatic heterocycles. The average Bonchev–Trinajstić information content (AvgIpc) is 3.33. The summed E-state index contributed by atoms with van der Waals surface area (Å²) in [7, 11) is 0. The fourth-order valence-corrected chi connectivity index (χ4v) is 5.56. The van der Waals surface area contributed by atoms with Gasteiger partial charge < -0.3 is 24.4 Å². The first kappa shape index (κ1) is 26.3. The largest absolute Gasteiger partial charge is 0.378 e. The zero-order chi connectivity index (χ0) is 26.5. The predicted molar refractivity (Wildman–Crippen MR) is 146 cm³/mol. The molecule has 1 N–H and O–H groups in total. The Labute approximate surface area is 224 Å². The van der Waals surface area contributed by atoms with Crippen LogP contribution in [-0.2, 0) is 22.5 Å². The monoisotopic (exact) mass is 518 g/mol. The van der Waals surface area contributed by atoms with E-state index in [1.807, 2.05) is 50.9 Å². The van der Waals surface area contributed by atoms with Crippen molar-refractivity contribution in [3.8, 4) is 0 Å². The summed E-state index contributed by atoms with van der Waals surface area (Å²) in [4.78, 5) is 40.5. The minimum absolute atomic E-state index is 0.0765. The number of ether oxygens (including phenoxy) is 1. The third-order valence-electron chi connectivity index (χ3n) is 7.46. The molecule has 0 saturated carbocycles.